The molecule has 3 heteroatoms. The molecule has 2 rings (SSSR count). The summed E-state index contributed by atoms with van der Waals surface area (Å²) in [6.07, 6.45) is 0.140. The molecule has 0 unspecified atom stereocenters. The highest BCUT2D eigenvalue weighted by Crippen LogP contribution is 2.37. The first kappa shape index (κ1) is 13.7. The van der Waals surface area contributed by atoms with Gasteiger partial charge >= 0.3 is 5.97 Å². The number of fused-ring (bicyclic) bond motifs is 1. The van der Waals surface area contributed by atoms with Gasteiger partial charge in [0.2, 0.25) is 0 Å². The van der Waals surface area contributed by atoms with E-state index >= 15 is 0 Å². The number of benzene rings is 1. The van der Waals surface area contributed by atoms with E-state index in [-0.39, 0.29) is 11.8 Å². The van der Waals surface area contributed by atoms with Crippen molar-refractivity contribution in [1.82, 2.24) is 4.57 Å². The van der Waals surface area contributed by atoms with E-state index in [0.717, 1.165) is 16.6 Å². The Hall–Kier alpha value is -1.77. The zero-order valence-corrected chi connectivity index (χ0v) is 12.2. The van der Waals surface area contributed by atoms with Crippen molar-refractivity contribution in [3.63, 3.8) is 0 Å². The van der Waals surface area contributed by atoms with Crippen molar-refractivity contribution in [3.05, 3.63) is 35.0 Å². The van der Waals surface area contributed by atoms with Gasteiger partial charge in [-0.3, -0.25) is 4.79 Å². The van der Waals surface area contributed by atoms with Crippen LogP contribution in [0.25, 0.3) is 10.9 Å². The molecule has 0 atom stereocenters. The second-order valence-electron chi connectivity index (χ2n) is 5.99. The predicted octanol–water partition coefficient (Wildman–Crippen LogP) is 3.55. The van der Waals surface area contributed by atoms with Crippen LogP contribution in [0.2, 0.25) is 0 Å². The van der Waals surface area contributed by atoms with E-state index in [9.17, 15) is 4.79 Å². The molecule has 2 aromatic rings. The Bertz CT molecular complexity index is 650. The van der Waals surface area contributed by atoms with Crippen LogP contribution in [-0.2, 0) is 17.3 Å². The van der Waals surface area contributed by atoms with Crippen LogP contribution < -0.4 is 0 Å². The fourth-order valence-electron chi connectivity index (χ4n) is 2.99. The molecule has 0 aliphatic heterocycles. The number of aromatic nitrogens is 1. The van der Waals surface area contributed by atoms with Crippen LogP contribution in [0.5, 0.6) is 0 Å². The third-order valence-corrected chi connectivity index (χ3v) is 3.92. The Kier molecular flexibility index (Phi) is 3.17. The van der Waals surface area contributed by atoms with Crippen LogP contribution in [0.15, 0.2) is 18.2 Å². The lowest BCUT2D eigenvalue weighted by atomic mass is 9.80. The van der Waals surface area contributed by atoms with E-state index in [1.54, 1.807) is 0 Å². The molecular formula is C16H21NO2. The van der Waals surface area contributed by atoms with E-state index in [1.165, 1.54) is 11.1 Å². The summed E-state index contributed by atoms with van der Waals surface area (Å²) >= 11 is 0. The average molecular weight is 259 g/mol. The van der Waals surface area contributed by atoms with Crippen LogP contribution in [0.1, 0.15) is 37.1 Å². The summed E-state index contributed by atoms with van der Waals surface area (Å²) in [4.78, 5) is 11.1. The van der Waals surface area contributed by atoms with Crippen molar-refractivity contribution < 1.29 is 9.90 Å². The van der Waals surface area contributed by atoms with E-state index in [1.807, 2.05) is 20.9 Å². The van der Waals surface area contributed by atoms with Gasteiger partial charge in [0.25, 0.3) is 0 Å². The highest BCUT2D eigenvalue weighted by Gasteiger charge is 2.29. The number of aliphatic carboxylic acids is 1. The summed E-state index contributed by atoms with van der Waals surface area (Å²) in [5.41, 5.74) is 4.31. The number of aryl methyl sites for hydroxylation is 2. The minimum absolute atomic E-state index is 0.140. The third kappa shape index (κ3) is 2.25. The largest absolute Gasteiger partial charge is 0.481 e. The summed E-state index contributed by atoms with van der Waals surface area (Å²) in [6.45, 7) is 8.14. The molecule has 0 saturated heterocycles. The normalized spacial score (nSPS) is 12.1. The van der Waals surface area contributed by atoms with Gasteiger partial charge in [-0.15, -0.1) is 0 Å². The number of nitrogens with zero attached hydrogens (tertiary/aromatic N) is 1. The van der Waals surface area contributed by atoms with E-state index in [2.05, 4.69) is 36.6 Å². The van der Waals surface area contributed by atoms with Crippen molar-refractivity contribution in [1.29, 1.82) is 0 Å². The maximum Gasteiger partial charge on any atom is 0.304 e. The van der Waals surface area contributed by atoms with Crippen molar-refractivity contribution in [3.8, 4) is 0 Å². The van der Waals surface area contributed by atoms with Crippen molar-refractivity contribution in [2.45, 2.75) is 39.5 Å². The lowest BCUT2D eigenvalue weighted by Crippen LogP contribution is -2.22. The van der Waals surface area contributed by atoms with Crippen molar-refractivity contribution in [2.24, 2.45) is 7.05 Å². The van der Waals surface area contributed by atoms with Gasteiger partial charge in [-0.2, -0.15) is 0 Å². The first-order chi connectivity index (χ1) is 8.74. The Morgan fingerprint density at radius 1 is 1.32 bits per heavy atom. The van der Waals surface area contributed by atoms with Crippen LogP contribution >= 0.6 is 0 Å². The number of carboxylic acid groups (broad SMARTS) is 1. The topological polar surface area (TPSA) is 42.2 Å². The third-order valence-electron chi connectivity index (χ3n) is 3.92. The van der Waals surface area contributed by atoms with Gasteiger partial charge in [-0.25, -0.2) is 0 Å². The zero-order chi connectivity index (χ0) is 14.4. The standard InChI is InChI=1S/C16H21NO2/c1-10-6-7-12-13(8-10)17(5)11(2)15(12)16(3,4)9-14(18)19/h6-8H,9H2,1-5H3,(H,18,19). The highest BCUT2D eigenvalue weighted by molar-refractivity contribution is 5.88. The first-order valence-corrected chi connectivity index (χ1v) is 6.52. The molecule has 0 spiro atoms. The van der Waals surface area contributed by atoms with Gasteiger partial charge in [0.05, 0.1) is 6.42 Å². The summed E-state index contributed by atoms with van der Waals surface area (Å²) < 4.78 is 2.15. The molecule has 1 aromatic carbocycles. The molecule has 0 aliphatic carbocycles. The molecule has 0 bridgehead atoms. The lowest BCUT2D eigenvalue weighted by Gasteiger charge is -2.23. The molecule has 1 aromatic heterocycles. The summed E-state index contributed by atoms with van der Waals surface area (Å²) in [6, 6.07) is 6.35. The lowest BCUT2D eigenvalue weighted by molar-refractivity contribution is -0.138. The van der Waals surface area contributed by atoms with Gasteiger partial charge in [0.1, 0.15) is 0 Å². The minimum atomic E-state index is -0.756. The molecule has 19 heavy (non-hydrogen) atoms. The van der Waals surface area contributed by atoms with Gasteiger partial charge in [-0.05, 0) is 31.0 Å². The Balaban J connectivity index is 2.73. The van der Waals surface area contributed by atoms with Crippen LogP contribution in [0.4, 0.5) is 0 Å². The maximum absolute atomic E-state index is 11.1. The molecule has 0 saturated carbocycles. The molecule has 0 fully saturated rings. The van der Waals surface area contributed by atoms with E-state index in [4.69, 9.17) is 5.11 Å². The second-order valence-corrected chi connectivity index (χ2v) is 5.99. The fourth-order valence-corrected chi connectivity index (χ4v) is 2.99. The molecular weight excluding hydrogens is 238 g/mol. The monoisotopic (exact) mass is 259 g/mol. The molecule has 0 aliphatic rings. The van der Waals surface area contributed by atoms with Gasteiger partial charge in [-0.1, -0.05) is 26.0 Å². The maximum atomic E-state index is 11.1. The fraction of sp³-hybridized carbons (Fsp3) is 0.438. The molecule has 1 N–H and O–H groups in total. The van der Waals surface area contributed by atoms with Crippen LogP contribution in [-0.4, -0.2) is 15.6 Å². The van der Waals surface area contributed by atoms with E-state index < -0.39 is 5.97 Å². The summed E-state index contributed by atoms with van der Waals surface area (Å²) in [5.74, 6) is -0.756. The zero-order valence-electron chi connectivity index (χ0n) is 12.2. The predicted molar refractivity (Wildman–Crippen MR) is 77.7 cm³/mol. The molecule has 3 nitrogen and oxygen atoms in total. The molecule has 0 radical (unpaired) electrons. The minimum Gasteiger partial charge on any atom is -0.481 e. The number of hydrogen-bond acceptors (Lipinski definition) is 1. The molecule has 0 amide bonds. The summed E-state index contributed by atoms with van der Waals surface area (Å²) in [7, 11) is 2.04. The second kappa shape index (κ2) is 4.41. The number of carbonyl (C=O) groups is 1. The van der Waals surface area contributed by atoms with Crippen molar-refractivity contribution in [2.75, 3.05) is 0 Å². The number of hydrogen-bond donors (Lipinski definition) is 1. The quantitative estimate of drug-likeness (QED) is 0.916. The SMILES string of the molecule is Cc1ccc2c(C(C)(C)CC(=O)O)c(C)n(C)c2c1. The average Bonchev–Trinajstić information content (AvgIpc) is 2.51. The van der Waals surface area contributed by atoms with Gasteiger partial charge in [0, 0.05) is 29.1 Å². The van der Waals surface area contributed by atoms with Gasteiger partial charge < -0.3 is 9.67 Å². The Morgan fingerprint density at radius 3 is 2.53 bits per heavy atom. The van der Waals surface area contributed by atoms with Crippen LogP contribution in [0, 0.1) is 13.8 Å². The van der Waals surface area contributed by atoms with Crippen molar-refractivity contribution >= 4 is 16.9 Å². The Morgan fingerprint density at radius 2 is 1.95 bits per heavy atom. The summed E-state index contributed by atoms with van der Waals surface area (Å²) in [5, 5.41) is 10.3. The number of carboxylic acids is 1. The molecule has 102 valence electrons. The number of rotatable bonds is 3. The first-order valence-electron chi connectivity index (χ1n) is 6.52. The molecule has 1 heterocycles. The smallest absolute Gasteiger partial charge is 0.304 e. The van der Waals surface area contributed by atoms with Gasteiger partial charge in [0.15, 0.2) is 0 Å². The van der Waals surface area contributed by atoms with E-state index in [0.29, 0.717) is 0 Å². The Labute approximate surface area is 113 Å². The van der Waals surface area contributed by atoms with Crippen LogP contribution in [0.3, 0.4) is 0 Å². The highest BCUT2D eigenvalue weighted by atomic mass is 16.4.